The number of hydrazone groups is 1. The second kappa shape index (κ2) is 5.86. The maximum absolute atomic E-state index is 8.48. The Hall–Kier alpha value is -0.770. The Morgan fingerprint density at radius 1 is 1.43 bits per heavy atom. The molecule has 0 heterocycles. The lowest BCUT2D eigenvalue weighted by molar-refractivity contribution is 0.294. The predicted octanol–water partition coefficient (Wildman–Crippen LogP) is 1.91. The minimum atomic E-state index is 0.0423. The SMILES string of the molecule is OCCNN=Cc1cccc(Cl)c1Cl. The van der Waals surface area contributed by atoms with Gasteiger partial charge in [0.2, 0.25) is 0 Å². The van der Waals surface area contributed by atoms with Gasteiger partial charge in [0.05, 0.1) is 29.4 Å². The molecule has 0 fully saturated rings. The Morgan fingerprint density at radius 2 is 2.21 bits per heavy atom. The summed E-state index contributed by atoms with van der Waals surface area (Å²) < 4.78 is 0. The molecule has 3 nitrogen and oxygen atoms in total. The number of aliphatic hydroxyl groups excluding tert-OH is 1. The van der Waals surface area contributed by atoms with Gasteiger partial charge in [-0.15, -0.1) is 0 Å². The smallest absolute Gasteiger partial charge is 0.0680 e. The van der Waals surface area contributed by atoms with Crippen LogP contribution in [0.1, 0.15) is 5.56 Å². The second-order valence-corrected chi connectivity index (χ2v) is 3.32. The van der Waals surface area contributed by atoms with E-state index in [1.165, 1.54) is 0 Å². The van der Waals surface area contributed by atoms with Crippen LogP contribution in [0.3, 0.4) is 0 Å². The molecule has 1 aromatic carbocycles. The zero-order valence-corrected chi connectivity index (χ0v) is 8.89. The summed E-state index contributed by atoms with van der Waals surface area (Å²) >= 11 is 11.7. The van der Waals surface area contributed by atoms with E-state index in [0.717, 1.165) is 5.56 Å². The Balaban J connectivity index is 2.67. The Morgan fingerprint density at radius 3 is 2.93 bits per heavy atom. The van der Waals surface area contributed by atoms with Gasteiger partial charge in [-0.2, -0.15) is 5.10 Å². The van der Waals surface area contributed by atoms with Crippen molar-refractivity contribution in [2.75, 3.05) is 13.2 Å². The summed E-state index contributed by atoms with van der Waals surface area (Å²) in [5, 5.41) is 13.3. The highest BCUT2D eigenvalue weighted by molar-refractivity contribution is 6.43. The molecule has 0 aliphatic carbocycles. The first-order chi connectivity index (χ1) is 6.75. The van der Waals surface area contributed by atoms with Crippen molar-refractivity contribution in [1.29, 1.82) is 0 Å². The van der Waals surface area contributed by atoms with Gasteiger partial charge in [-0.05, 0) is 6.07 Å². The average molecular weight is 233 g/mol. The molecule has 5 heteroatoms. The molecule has 0 atom stereocenters. The molecule has 0 spiro atoms. The number of hydrogen-bond donors (Lipinski definition) is 2. The maximum Gasteiger partial charge on any atom is 0.0680 e. The molecule has 14 heavy (non-hydrogen) atoms. The van der Waals surface area contributed by atoms with E-state index < -0.39 is 0 Å². The Bertz CT molecular complexity index is 329. The number of aliphatic hydroxyl groups is 1. The zero-order chi connectivity index (χ0) is 10.4. The minimum absolute atomic E-state index is 0.0423. The summed E-state index contributed by atoms with van der Waals surface area (Å²) in [4.78, 5) is 0. The summed E-state index contributed by atoms with van der Waals surface area (Å²) in [6, 6.07) is 5.31. The van der Waals surface area contributed by atoms with E-state index in [-0.39, 0.29) is 6.61 Å². The largest absolute Gasteiger partial charge is 0.394 e. The quantitative estimate of drug-likeness (QED) is 0.474. The molecule has 0 aliphatic rings. The number of halogens is 2. The second-order valence-electron chi connectivity index (χ2n) is 2.53. The van der Waals surface area contributed by atoms with Crippen LogP contribution in [0.4, 0.5) is 0 Å². The fourth-order valence-electron chi connectivity index (χ4n) is 0.850. The molecule has 0 aromatic heterocycles. The number of hydrogen-bond acceptors (Lipinski definition) is 3. The van der Waals surface area contributed by atoms with Gasteiger partial charge in [0.15, 0.2) is 0 Å². The number of rotatable bonds is 4. The molecule has 0 amide bonds. The molecule has 2 N–H and O–H groups in total. The monoisotopic (exact) mass is 232 g/mol. The highest BCUT2D eigenvalue weighted by Gasteiger charge is 2.00. The molecular weight excluding hydrogens is 223 g/mol. The molecule has 0 saturated carbocycles. The third-order valence-electron chi connectivity index (χ3n) is 1.50. The topological polar surface area (TPSA) is 44.6 Å². The van der Waals surface area contributed by atoms with E-state index in [9.17, 15) is 0 Å². The number of nitrogens with zero attached hydrogens (tertiary/aromatic N) is 1. The van der Waals surface area contributed by atoms with Crippen LogP contribution in [-0.4, -0.2) is 24.5 Å². The van der Waals surface area contributed by atoms with E-state index in [0.29, 0.717) is 16.6 Å². The average Bonchev–Trinajstić information content (AvgIpc) is 2.19. The van der Waals surface area contributed by atoms with Gasteiger partial charge in [0, 0.05) is 5.56 Å². The summed E-state index contributed by atoms with van der Waals surface area (Å²) in [7, 11) is 0. The molecule has 0 bridgehead atoms. The van der Waals surface area contributed by atoms with E-state index in [1.807, 2.05) is 0 Å². The molecular formula is C9H10Cl2N2O. The molecule has 0 radical (unpaired) electrons. The normalized spacial score (nSPS) is 10.8. The van der Waals surface area contributed by atoms with Crippen molar-refractivity contribution < 1.29 is 5.11 Å². The first-order valence-corrected chi connectivity index (χ1v) is 4.82. The van der Waals surface area contributed by atoms with Gasteiger partial charge in [0.1, 0.15) is 0 Å². The van der Waals surface area contributed by atoms with Crippen LogP contribution in [0, 0.1) is 0 Å². The molecule has 0 unspecified atom stereocenters. The highest BCUT2D eigenvalue weighted by Crippen LogP contribution is 2.23. The first-order valence-electron chi connectivity index (χ1n) is 4.06. The van der Waals surface area contributed by atoms with Crippen molar-refractivity contribution >= 4 is 29.4 Å². The number of nitrogens with one attached hydrogen (secondary N) is 1. The van der Waals surface area contributed by atoms with Crippen LogP contribution in [0.25, 0.3) is 0 Å². The van der Waals surface area contributed by atoms with Gasteiger partial charge in [-0.1, -0.05) is 35.3 Å². The molecule has 0 aliphatic heterocycles. The number of benzene rings is 1. The van der Waals surface area contributed by atoms with E-state index >= 15 is 0 Å². The van der Waals surface area contributed by atoms with Crippen LogP contribution >= 0.6 is 23.2 Å². The fraction of sp³-hybridized carbons (Fsp3) is 0.222. The first kappa shape index (κ1) is 11.3. The molecule has 1 aromatic rings. The maximum atomic E-state index is 8.48. The van der Waals surface area contributed by atoms with Crippen molar-refractivity contribution in [2.45, 2.75) is 0 Å². The zero-order valence-electron chi connectivity index (χ0n) is 7.37. The Labute approximate surface area is 92.3 Å². The fourth-order valence-corrected chi connectivity index (χ4v) is 1.21. The van der Waals surface area contributed by atoms with E-state index in [4.69, 9.17) is 28.3 Å². The van der Waals surface area contributed by atoms with Crippen LogP contribution in [-0.2, 0) is 0 Å². The van der Waals surface area contributed by atoms with Gasteiger partial charge in [-0.25, -0.2) is 0 Å². The highest BCUT2D eigenvalue weighted by atomic mass is 35.5. The summed E-state index contributed by atoms with van der Waals surface area (Å²) in [6.07, 6.45) is 1.56. The minimum Gasteiger partial charge on any atom is -0.394 e. The predicted molar refractivity (Wildman–Crippen MR) is 59.1 cm³/mol. The standard InChI is InChI=1S/C9H10Cl2N2O/c10-8-3-1-2-7(9(8)11)6-13-12-4-5-14/h1-3,6,12,14H,4-5H2. The van der Waals surface area contributed by atoms with Crippen LogP contribution in [0.2, 0.25) is 10.0 Å². The van der Waals surface area contributed by atoms with E-state index in [1.54, 1.807) is 24.4 Å². The lowest BCUT2D eigenvalue weighted by atomic mass is 10.2. The van der Waals surface area contributed by atoms with Crippen molar-refractivity contribution in [3.63, 3.8) is 0 Å². The van der Waals surface area contributed by atoms with Crippen molar-refractivity contribution in [3.8, 4) is 0 Å². The van der Waals surface area contributed by atoms with Crippen molar-refractivity contribution in [2.24, 2.45) is 5.10 Å². The van der Waals surface area contributed by atoms with Gasteiger partial charge in [0.25, 0.3) is 0 Å². The Kier molecular flexibility index (Phi) is 4.73. The van der Waals surface area contributed by atoms with Gasteiger partial charge < -0.3 is 10.5 Å². The third-order valence-corrected chi connectivity index (χ3v) is 2.33. The van der Waals surface area contributed by atoms with Crippen LogP contribution in [0.15, 0.2) is 23.3 Å². The molecule has 0 saturated heterocycles. The van der Waals surface area contributed by atoms with Gasteiger partial charge in [-0.3, -0.25) is 0 Å². The van der Waals surface area contributed by atoms with Crippen LogP contribution in [0.5, 0.6) is 0 Å². The summed E-state index contributed by atoms with van der Waals surface area (Å²) in [5.74, 6) is 0. The molecule has 76 valence electrons. The van der Waals surface area contributed by atoms with Crippen molar-refractivity contribution in [1.82, 2.24) is 5.43 Å². The summed E-state index contributed by atoms with van der Waals surface area (Å²) in [5.41, 5.74) is 3.39. The van der Waals surface area contributed by atoms with Crippen molar-refractivity contribution in [3.05, 3.63) is 33.8 Å². The lowest BCUT2D eigenvalue weighted by Crippen LogP contribution is -2.11. The lowest BCUT2D eigenvalue weighted by Gasteiger charge is -1.99. The third kappa shape index (κ3) is 3.18. The summed E-state index contributed by atoms with van der Waals surface area (Å²) in [6.45, 7) is 0.454. The molecule has 1 rings (SSSR count). The van der Waals surface area contributed by atoms with Gasteiger partial charge >= 0.3 is 0 Å². The van der Waals surface area contributed by atoms with E-state index in [2.05, 4.69) is 10.5 Å². The van der Waals surface area contributed by atoms with Crippen LogP contribution < -0.4 is 5.43 Å².